The van der Waals surface area contributed by atoms with E-state index in [1.807, 2.05) is 0 Å². The number of carboxylic acids is 1. The second-order valence-corrected chi connectivity index (χ2v) is 3.99. The molecule has 0 aliphatic carbocycles. The van der Waals surface area contributed by atoms with Gasteiger partial charge in [0.2, 0.25) is 0 Å². The van der Waals surface area contributed by atoms with Gasteiger partial charge in [-0.3, -0.25) is 9.78 Å². The zero-order valence-electron chi connectivity index (χ0n) is 10.5. The average Bonchev–Trinajstić information content (AvgIpc) is 2.94. The average molecular weight is 275 g/mol. The van der Waals surface area contributed by atoms with Crippen LogP contribution in [0.25, 0.3) is 0 Å². The largest absolute Gasteiger partial charge is 0.478 e. The molecule has 0 radical (unpaired) electrons. The van der Waals surface area contributed by atoms with Gasteiger partial charge < -0.3 is 20.6 Å². The highest BCUT2D eigenvalue weighted by molar-refractivity contribution is 5.91. The van der Waals surface area contributed by atoms with E-state index in [0.29, 0.717) is 11.5 Å². The Balaban J connectivity index is 1.99. The lowest BCUT2D eigenvalue weighted by Crippen LogP contribution is -2.23. The van der Waals surface area contributed by atoms with Crippen LogP contribution in [0.2, 0.25) is 0 Å². The number of pyridine rings is 1. The number of hydrogen-bond donors (Lipinski definition) is 3. The fourth-order valence-corrected chi connectivity index (χ4v) is 1.58. The van der Waals surface area contributed by atoms with Gasteiger partial charge in [-0.2, -0.15) is 0 Å². The van der Waals surface area contributed by atoms with Crippen molar-refractivity contribution in [3.05, 3.63) is 53.2 Å². The Labute approximate surface area is 114 Å². The minimum Gasteiger partial charge on any atom is -0.478 e. The van der Waals surface area contributed by atoms with Gasteiger partial charge in [0.25, 0.3) is 5.91 Å². The summed E-state index contributed by atoms with van der Waals surface area (Å²) in [4.78, 5) is 26.6. The Morgan fingerprint density at radius 3 is 2.80 bits per heavy atom. The van der Waals surface area contributed by atoms with Crippen LogP contribution in [0.4, 0.5) is 0 Å². The number of nitrogens with zero attached hydrogens (tertiary/aromatic N) is 1. The molecule has 0 saturated carbocycles. The second-order valence-electron chi connectivity index (χ2n) is 3.99. The van der Waals surface area contributed by atoms with Gasteiger partial charge in [-0.15, -0.1) is 0 Å². The number of furan rings is 1. The van der Waals surface area contributed by atoms with Crippen molar-refractivity contribution in [1.82, 2.24) is 10.3 Å². The quantitative estimate of drug-likeness (QED) is 0.741. The summed E-state index contributed by atoms with van der Waals surface area (Å²) in [5.41, 5.74) is 5.95. The predicted octanol–water partition coefficient (Wildman–Crippen LogP) is 0.761. The third-order valence-electron chi connectivity index (χ3n) is 2.58. The predicted molar refractivity (Wildman–Crippen MR) is 69.0 cm³/mol. The molecular formula is C13H13N3O4. The number of carbonyl (C=O) groups excluding carboxylic acids is 1. The van der Waals surface area contributed by atoms with E-state index in [-0.39, 0.29) is 24.4 Å². The van der Waals surface area contributed by atoms with Crippen molar-refractivity contribution in [2.75, 3.05) is 0 Å². The summed E-state index contributed by atoms with van der Waals surface area (Å²) in [5.74, 6) is -0.785. The number of hydrogen-bond acceptors (Lipinski definition) is 5. The fourth-order valence-electron chi connectivity index (χ4n) is 1.58. The summed E-state index contributed by atoms with van der Waals surface area (Å²) in [5, 5.41) is 11.4. The molecule has 0 spiro atoms. The van der Waals surface area contributed by atoms with E-state index in [9.17, 15) is 9.59 Å². The third kappa shape index (κ3) is 3.21. The van der Waals surface area contributed by atoms with Crippen molar-refractivity contribution in [2.45, 2.75) is 13.1 Å². The summed E-state index contributed by atoms with van der Waals surface area (Å²) in [6.45, 7) is 0.327. The van der Waals surface area contributed by atoms with Gasteiger partial charge >= 0.3 is 5.97 Å². The van der Waals surface area contributed by atoms with Crippen molar-refractivity contribution in [3.8, 4) is 0 Å². The SMILES string of the molecule is NCc1ccc(C(=O)NCc2cc(C(=O)O)ccn2)o1. The van der Waals surface area contributed by atoms with Gasteiger partial charge in [-0.1, -0.05) is 0 Å². The molecule has 0 aliphatic heterocycles. The smallest absolute Gasteiger partial charge is 0.335 e. The molecule has 104 valence electrons. The summed E-state index contributed by atoms with van der Waals surface area (Å²) >= 11 is 0. The van der Waals surface area contributed by atoms with E-state index in [0.717, 1.165) is 0 Å². The summed E-state index contributed by atoms with van der Waals surface area (Å²) in [7, 11) is 0. The molecule has 0 bridgehead atoms. The number of rotatable bonds is 5. The number of carboxylic acid groups (broad SMARTS) is 1. The first-order valence-corrected chi connectivity index (χ1v) is 5.85. The fraction of sp³-hybridized carbons (Fsp3) is 0.154. The molecule has 2 rings (SSSR count). The number of carbonyl (C=O) groups is 2. The zero-order chi connectivity index (χ0) is 14.5. The van der Waals surface area contributed by atoms with Crippen molar-refractivity contribution in [3.63, 3.8) is 0 Å². The van der Waals surface area contributed by atoms with E-state index in [4.69, 9.17) is 15.3 Å². The molecule has 2 heterocycles. The molecule has 2 aromatic heterocycles. The molecule has 7 nitrogen and oxygen atoms in total. The van der Waals surface area contributed by atoms with E-state index in [2.05, 4.69) is 10.3 Å². The van der Waals surface area contributed by atoms with E-state index < -0.39 is 11.9 Å². The lowest BCUT2D eigenvalue weighted by molar-refractivity contribution is 0.0696. The van der Waals surface area contributed by atoms with Crippen molar-refractivity contribution in [1.29, 1.82) is 0 Å². The highest BCUT2D eigenvalue weighted by Gasteiger charge is 2.11. The Hall–Kier alpha value is -2.67. The monoisotopic (exact) mass is 275 g/mol. The lowest BCUT2D eigenvalue weighted by atomic mass is 10.2. The molecule has 20 heavy (non-hydrogen) atoms. The topological polar surface area (TPSA) is 118 Å². The molecular weight excluding hydrogens is 262 g/mol. The maximum Gasteiger partial charge on any atom is 0.335 e. The standard InChI is InChI=1S/C13H13N3O4/c14-6-10-1-2-11(20-10)12(17)16-7-9-5-8(13(18)19)3-4-15-9/h1-5H,6-7,14H2,(H,16,17)(H,18,19). The number of aromatic carboxylic acids is 1. The molecule has 0 atom stereocenters. The molecule has 0 saturated heterocycles. The molecule has 1 amide bonds. The maximum absolute atomic E-state index is 11.8. The van der Waals surface area contributed by atoms with Crippen LogP contribution in [0.15, 0.2) is 34.9 Å². The van der Waals surface area contributed by atoms with Gasteiger partial charge in [0.05, 0.1) is 24.3 Å². The summed E-state index contributed by atoms with van der Waals surface area (Å²) in [6, 6.07) is 5.93. The second kappa shape index (κ2) is 5.98. The molecule has 0 aromatic carbocycles. The van der Waals surface area contributed by atoms with Crippen molar-refractivity contribution in [2.24, 2.45) is 5.73 Å². The van der Waals surface area contributed by atoms with Gasteiger partial charge in [-0.25, -0.2) is 4.79 Å². The first-order chi connectivity index (χ1) is 9.60. The van der Waals surface area contributed by atoms with Crippen molar-refractivity contribution >= 4 is 11.9 Å². The summed E-state index contributed by atoms with van der Waals surface area (Å²) in [6.07, 6.45) is 1.38. The van der Waals surface area contributed by atoms with Gasteiger partial charge in [0.1, 0.15) is 5.76 Å². The molecule has 0 fully saturated rings. The summed E-state index contributed by atoms with van der Waals surface area (Å²) < 4.78 is 5.19. The Bertz CT molecular complexity index is 636. The van der Waals surface area contributed by atoms with Crippen LogP contribution in [0.1, 0.15) is 32.4 Å². The Kier molecular flexibility index (Phi) is 4.11. The molecule has 4 N–H and O–H groups in total. The van der Waals surface area contributed by atoms with E-state index >= 15 is 0 Å². The van der Waals surface area contributed by atoms with Gasteiger partial charge in [0.15, 0.2) is 5.76 Å². The first kappa shape index (κ1) is 13.8. The number of nitrogens with two attached hydrogens (primary N) is 1. The van der Waals surface area contributed by atoms with Gasteiger partial charge in [-0.05, 0) is 24.3 Å². The minimum absolute atomic E-state index is 0.110. The maximum atomic E-state index is 11.8. The van der Waals surface area contributed by atoms with Crippen LogP contribution >= 0.6 is 0 Å². The van der Waals surface area contributed by atoms with Crippen LogP contribution < -0.4 is 11.1 Å². The van der Waals surface area contributed by atoms with E-state index in [1.54, 1.807) is 6.07 Å². The third-order valence-corrected chi connectivity index (χ3v) is 2.58. The van der Waals surface area contributed by atoms with Crippen LogP contribution in [-0.4, -0.2) is 22.0 Å². The number of amides is 1. The highest BCUT2D eigenvalue weighted by atomic mass is 16.4. The van der Waals surface area contributed by atoms with Crippen LogP contribution in [0, 0.1) is 0 Å². The first-order valence-electron chi connectivity index (χ1n) is 5.85. The number of aromatic nitrogens is 1. The Morgan fingerprint density at radius 1 is 1.35 bits per heavy atom. The highest BCUT2D eigenvalue weighted by Crippen LogP contribution is 2.07. The zero-order valence-corrected chi connectivity index (χ0v) is 10.5. The Morgan fingerprint density at radius 2 is 2.15 bits per heavy atom. The molecule has 2 aromatic rings. The molecule has 0 unspecified atom stereocenters. The van der Waals surface area contributed by atoms with Crippen LogP contribution in [0.5, 0.6) is 0 Å². The van der Waals surface area contributed by atoms with Gasteiger partial charge in [0, 0.05) is 6.20 Å². The van der Waals surface area contributed by atoms with E-state index in [1.165, 1.54) is 24.4 Å². The lowest BCUT2D eigenvalue weighted by Gasteiger charge is -2.03. The minimum atomic E-state index is -1.04. The molecule has 0 aliphatic rings. The van der Waals surface area contributed by atoms with Crippen molar-refractivity contribution < 1.29 is 19.1 Å². The van der Waals surface area contributed by atoms with Crippen LogP contribution in [-0.2, 0) is 13.1 Å². The normalized spacial score (nSPS) is 10.2. The number of nitrogens with one attached hydrogen (secondary N) is 1. The van der Waals surface area contributed by atoms with Crippen LogP contribution in [0.3, 0.4) is 0 Å². The molecule has 7 heteroatoms.